The van der Waals surface area contributed by atoms with E-state index in [2.05, 4.69) is 25.4 Å². The van der Waals surface area contributed by atoms with Gasteiger partial charge in [0.15, 0.2) is 11.5 Å². The molecule has 0 saturated carbocycles. The lowest BCUT2D eigenvalue weighted by molar-refractivity contribution is 0.355. The summed E-state index contributed by atoms with van der Waals surface area (Å²) in [5.41, 5.74) is 2.34. The molecule has 0 amide bonds. The van der Waals surface area contributed by atoms with Gasteiger partial charge in [-0.05, 0) is 36.4 Å². The molecular weight excluding hydrogens is 370 g/mol. The van der Waals surface area contributed by atoms with Gasteiger partial charge in [0.2, 0.25) is 5.82 Å². The largest absolute Gasteiger partial charge is 0.493 e. The zero-order valence-corrected chi connectivity index (χ0v) is 16.0. The van der Waals surface area contributed by atoms with E-state index in [9.17, 15) is 0 Å². The topological polar surface area (TPSA) is 95.2 Å². The van der Waals surface area contributed by atoms with Crippen molar-refractivity contribution in [2.75, 3.05) is 19.5 Å². The number of pyridine rings is 2. The van der Waals surface area contributed by atoms with Crippen LogP contribution in [0.25, 0.3) is 22.8 Å². The number of benzene rings is 1. The maximum atomic E-state index is 5.44. The molecule has 3 heterocycles. The fourth-order valence-electron chi connectivity index (χ4n) is 2.82. The third-order valence-corrected chi connectivity index (χ3v) is 4.26. The van der Waals surface area contributed by atoms with Crippen molar-refractivity contribution in [1.29, 1.82) is 0 Å². The Bertz CT molecular complexity index is 1080. The summed E-state index contributed by atoms with van der Waals surface area (Å²) in [4.78, 5) is 13.2. The highest BCUT2D eigenvalue weighted by Gasteiger charge is 2.17. The van der Waals surface area contributed by atoms with E-state index in [0.717, 1.165) is 11.5 Å². The second-order valence-electron chi connectivity index (χ2n) is 6.07. The van der Waals surface area contributed by atoms with Crippen molar-refractivity contribution < 1.29 is 14.0 Å². The lowest BCUT2D eigenvalue weighted by Gasteiger charge is -2.09. The van der Waals surface area contributed by atoms with Gasteiger partial charge >= 0.3 is 0 Å². The first-order valence-corrected chi connectivity index (χ1v) is 8.94. The number of methoxy groups -OCH3 is 2. The molecule has 29 heavy (non-hydrogen) atoms. The Labute approximate surface area is 167 Å². The van der Waals surface area contributed by atoms with Gasteiger partial charge in [0, 0.05) is 12.4 Å². The van der Waals surface area contributed by atoms with Crippen molar-refractivity contribution >= 4 is 5.82 Å². The summed E-state index contributed by atoms with van der Waals surface area (Å²) in [6.45, 7) is 0.591. The maximum Gasteiger partial charge on any atom is 0.259 e. The van der Waals surface area contributed by atoms with Gasteiger partial charge in [-0.1, -0.05) is 17.3 Å². The van der Waals surface area contributed by atoms with Crippen molar-refractivity contribution in [1.82, 2.24) is 20.1 Å². The summed E-state index contributed by atoms with van der Waals surface area (Å²) in [6, 6.07) is 15.0. The molecule has 0 saturated heterocycles. The average molecular weight is 389 g/mol. The van der Waals surface area contributed by atoms with Crippen LogP contribution >= 0.6 is 0 Å². The quantitative estimate of drug-likeness (QED) is 0.510. The minimum Gasteiger partial charge on any atom is -0.493 e. The molecule has 0 aliphatic heterocycles. The molecule has 0 unspecified atom stereocenters. The zero-order chi connectivity index (χ0) is 20.1. The molecule has 146 valence electrons. The number of nitrogens with one attached hydrogen (secondary N) is 1. The van der Waals surface area contributed by atoms with E-state index >= 15 is 0 Å². The van der Waals surface area contributed by atoms with Crippen LogP contribution in [0.5, 0.6) is 11.5 Å². The molecular formula is C21H19N5O3. The first-order valence-electron chi connectivity index (χ1n) is 8.94. The monoisotopic (exact) mass is 389 g/mol. The van der Waals surface area contributed by atoms with E-state index in [-0.39, 0.29) is 0 Å². The van der Waals surface area contributed by atoms with Crippen LogP contribution in [0.2, 0.25) is 0 Å². The lowest BCUT2D eigenvalue weighted by Crippen LogP contribution is -2.02. The van der Waals surface area contributed by atoms with Gasteiger partial charge in [0.25, 0.3) is 5.89 Å². The van der Waals surface area contributed by atoms with Crippen molar-refractivity contribution in [2.24, 2.45) is 0 Å². The Morgan fingerprint density at radius 3 is 2.62 bits per heavy atom. The highest BCUT2D eigenvalue weighted by atomic mass is 16.5. The highest BCUT2D eigenvalue weighted by molar-refractivity contribution is 5.69. The molecule has 0 aliphatic rings. The number of ether oxygens (including phenoxy) is 2. The fraction of sp³-hybridized carbons (Fsp3) is 0.143. The smallest absolute Gasteiger partial charge is 0.259 e. The predicted molar refractivity (Wildman–Crippen MR) is 108 cm³/mol. The van der Waals surface area contributed by atoms with Crippen LogP contribution < -0.4 is 14.8 Å². The number of hydrogen-bond donors (Lipinski definition) is 1. The first-order chi connectivity index (χ1) is 14.3. The van der Waals surface area contributed by atoms with Crippen LogP contribution in [0.15, 0.2) is 65.4 Å². The van der Waals surface area contributed by atoms with E-state index < -0.39 is 0 Å². The highest BCUT2D eigenvalue weighted by Crippen LogP contribution is 2.37. The number of para-hydroxylation sites is 1. The number of nitrogens with zero attached hydrogens (tertiary/aromatic N) is 4. The van der Waals surface area contributed by atoms with Crippen LogP contribution in [-0.4, -0.2) is 34.3 Å². The van der Waals surface area contributed by atoms with E-state index in [1.807, 2.05) is 48.5 Å². The van der Waals surface area contributed by atoms with Gasteiger partial charge in [0.05, 0.1) is 37.6 Å². The normalized spacial score (nSPS) is 10.6. The predicted octanol–water partition coefficient (Wildman–Crippen LogP) is 3.82. The number of hydrogen-bond acceptors (Lipinski definition) is 8. The fourth-order valence-corrected chi connectivity index (χ4v) is 2.82. The maximum absolute atomic E-state index is 5.44. The molecule has 4 aromatic rings. The minimum atomic E-state index is 0.369. The SMILES string of the molecule is COc1cccc(-c2noc(-c3ccc(NCc4ccccn4)nc3)n2)c1OC. The lowest BCUT2D eigenvalue weighted by atomic mass is 10.1. The zero-order valence-electron chi connectivity index (χ0n) is 16.0. The van der Waals surface area contributed by atoms with Gasteiger partial charge in [-0.25, -0.2) is 4.98 Å². The van der Waals surface area contributed by atoms with Gasteiger partial charge in [-0.3, -0.25) is 4.98 Å². The minimum absolute atomic E-state index is 0.369. The van der Waals surface area contributed by atoms with Crippen LogP contribution in [0.4, 0.5) is 5.82 Å². The van der Waals surface area contributed by atoms with Crippen molar-refractivity contribution in [2.45, 2.75) is 6.54 Å². The Morgan fingerprint density at radius 1 is 0.966 bits per heavy atom. The molecule has 3 aromatic heterocycles. The Kier molecular flexibility index (Phi) is 5.33. The summed E-state index contributed by atoms with van der Waals surface area (Å²) in [5, 5.41) is 7.30. The number of rotatable bonds is 7. The molecule has 0 spiro atoms. The van der Waals surface area contributed by atoms with Crippen molar-refractivity contribution in [3.63, 3.8) is 0 Å². The first kappa shape index (κ1) is 18.4. The summed E-state index contributed by atoms with van der Waals surface area (Å²) >= 11 is 0. The number of anilines is 1. The molecule has 1 N–H and O–H groups in total. The molecule has 0 aliphatic carbocycles. The van der Waals surface area contributed by atoms with Crippen molar-refractivity contribution in [3.05, 3.63) is 66.6 Å². The second kappa shape index (κ2) is 8.39. The standard InChI is InChI=1S/C21H19N5O3/c1-27-17-8-5-7-16(19(17)28-2)20-25-21(29-26-20)14-9-10-18(23-12-14)24-13-15-6-3-4-11-22-15/h3-12H,13H2,1-2H3,(H,23,24). The summed E-state index contributed by atoms with van der Waals surface area (Å²) in [7, 11) is 3.15. The third-order valence-electron chi connectivity index (χ3n) is 4.26. The van der Waals surface area contributed by atoms with E-state index in [1.54, 1.807) is 26.6 Å². The summed E-state index contributed by atoms with van der Waals surface area (Å²) in [6.07, 6.45) is 3.44. The van der Waals surface area contributed by atoms with Crippen LogP contribution in [-0.2, 0) is 6.54 Å². The van der Waals surface area contributed by atoms with E-state index in [1.165, 1.54) is 0 Å². The summed E-state index contributed by atoms with van der Waals surface area (Å²) in [5.74, 6) is 2.66. The van der Waals surface area contributed by atoms with Gasteiger partial charge in [-0.2, -0.15) is 4.98 Å². The molecule has 0 atom stereocenters. The molecule has 8 nitrogen and oxygen atoms in total. The van der Waals surface area contributed by atoms with Gasteiger partial charge < -0.3 is 19.3 Å². The van der Waals surface area contributed by atoms with Crippen LogP contribution in [0.1, 0.15) is 5.69 Å². The molecule has 0 radical (unpaired) electrons. The molecule has 0 fully saturated rings. The van der Waals surface area contributed by atoms with Crippen LogP contribution in [0.3, 0.4) is 0 Å². The molecule has 1 aromatic carbocycles. The van der Waals surface area contributed by atoms with E-state index in [0.29, 0.717) is 40.9 Å². The Balaban J connectivity index is 1.51. The molecule has 8 heteroatoms. The van der Waals surface area contributed by atoms with Gasteiger partial charge in [-0.15, -0.1) is 0 Å². The van der Waals surface area contributed by atoms with Crippen molar-refractivity contribution in [3.8, 4) is 34.3 Å². The van der Waals surface area contributed by atoms with Gasteiger partial charge in [0.1, 0.15) is 5.82 Å². The summed E-state index contributed by atoms with van der Waals surface area (Å²) < 4.78 is 16.2. The van der Waals surface area contributed by atoms with E-state index in [4.69, 9.17) is 14.0 Å². The Hall–Kier alpha value is -3.94. The number of aromatic nitrogens is 4. The third kappa shape index (κ3) is 4.01. The average Bonchev–Trinajstić information content (AvgIpc) is 3.28. The Morgan fingerprint density at radius 2 is 1.90 bits per heavy atom. The molecule has 4 rings (SSSR count). The molecule has 0 bridgehead atoms. The second-order valence-corrected chi connectivity index (χ2v) is 6.07. The van der Waals surface area contributed by atoms with Crippen LogP contribution in [0, 0.1) is 0 Å².